The summed E-state index contributed by atoms with van der Waals surface area (Å²) in [5, 5.41) is 3.67. The van der Waals surface area contributed by atoms with E-state index < -0.39 is 0 Å². The van der Waals surface area contributed by atoms with E-state index in [1.54, 1.807) is 11.3 Å². The van der Waals surface area contributed by atoms with Crippen LogP contribution in [-0.4, -0.2) is 14.5 Å². The molecule has 0 aliphatic heterocycles. The van der Waals surface area contributed by atoms with E-state index >= 15 is 0 Å². The molecule has 0 amide bonds. The minimum absolute atomic E-state index is 1.01. The number of hydrogen-bond donors (Lipinski definition) is 0. The zero-order valence-electron chi connectivity index (χ0n) is 24.2. The summed E-state index contributed by atoms with van der Waals surface area (Å²) in [4.78, 5) is 9.42. The van der Waals surface area contributed by atoms with Crippen LogP contribution in [0.4, 0.5) is 0 Å². The molecule has 0 N–H and O–H groups in total. The van der Waals surface area contributed by atoms with Crippen molar-refractivity contribution in [1.29, 1.82) is 0 Å². The van der Waals surface area contributed by atoms with Gasteiger partial charge >= 0.3 is 0 Å². The molecule has 210 valence electrons. The van der Waals surface area contributed by atoms with E-state index in [9.17, 15) is 0 Å². The Morgan fingerprint density at radius 2 is 1.33 bits per heavy atom. The predicted molar refractivity (Wildman–Crippen MR) is 188 cm³/mol. The van der Waals surface area contributed by atoms with Crippen LogP contribution in [0.25, 0.3) is 81.2 Å². The van der Waals surface area contributed by atoms with Gasteiger partial charge in [0.2, 0.25) is 0 Å². The average molecular weight is 592 g/mol. The lowest BCUT2D eigenvalue weighted by atomic mass is 9.97. The van der Waals surface area contributed by atoms with Crippen LogP contribution in [0, 0.1) is 0 Å². The molecule has 0 saturated heterocycles. The molecular formula is C41H25N3S. The molecule has 4 heteroatoms. The van der Waals surface area contributed by atoms with E-state index in [-0.39, 0.29) is 0 Å². The molecule has 5 aromatic carbocycles. The highest BCUT2D eigenvalue weighted by molar-refractivity contribution is 7.25. The molecule has 0 fully saturated rings. The first-order chi connectivity index (χ1) is 22.3. The van der Waals surface area contributed by atoms with Gasteiger partial charge in [-0.1, -0.05) is 60.7 Å². The lowest BCUT2D eigenvalue weighted by Gasteiger charge is -2.10. The summed E-state index contributed by atoms with van der Waals surface area (Å²) >= 11 is 1.80. The number of hydrogen-bond acceptors (Lipinski definition) is 3. The van der Waals surface area contributed by atoms with Gasteiger partial charge in [0.25, 0.3) is 0 Å². The van der Waals surface area contributed by atoms with Crippen molar-refractivity contribution >= 4 is 53.4 Å². The predicted octanol–water partition coefficient (Wildman–Crippen LogP) is 10.8. The van der Waals surface area contributed by atoms with Gasteiger partial charge in [0.15, 0.2) is 0 Å². The van der Waals surface area contributed by atoms with Crippen LogP contribution in [0.15, 0.2) is 140 Å². The highest BCUT2D eigenvalue weighted by atomic mass is 32.1. The maximum Gasteiger partial charge on any atom is 0.0889 e. The van der Waals surface area contributed by atoms with Crippen molar-refractivity contribution in [3.05, 3.63) is 151 Å². The second-order valence-electron chi connectivity index (χ2n) is 11.9. The Bertz CT molecular complexity index is 2640. The van der Waals surface area contributed by atoms with Crippen molar-refractivity contribution in [2.24, 2.45) is 0 Å². The molecule has 0 unspecified atom stereocenters. The molecule has 4 aromatic heterocycles. The normalized spacial score (nSPS) is 12.4. The second-order valence-corrected chi connectivity index (χ2v) is 13.0. The van der Waals surface area contributed by atoms with Crippen molar-refractivity contribution in [1.82, 2.24) is 14.5 Å². The number of benzene rings is 5. The van der Waals surface area contributed by atoms with Gasteiger partial charge in [-0.3, -0.25) is 9.97 Å². The van der Waals surface area contributed by atoms with E-state index in [1.807, 2.05) is 24.7 Å². The van der Waals surface area contributed by atoms with Crippen LogP contribution < -0.4 is 0 Å². The monoisotopic (exact) mass is 591 g/mol. The van der Waals surface area contributed by atoms with Crippen molar-refractivity contribution in [3.8, 4) is 39.1 Å². The Hall–Kier alpha value is -5.58. The van der Waals surface area contributed by atoms with Crippen molar-refractivity contribution < 1.29 is 0 Å². The Morgan fingerprint density at radius 1 is 0.533 bits per heavy atom. The van der Waals surface area contributed by atoms with Crippen LogP contribution >= 0.6 is 11.3 Å². The smallest absolute Gasteiger partial charge is 0.0889 e. The van der Waals surface area contributed by atoms with Gasteiger partial charge in [-0.2, -0.15) is 0 Å². The number of para-hydroxylation sites is 1. The fourth-order valence-corrected chi connectivity index (χ4v) is 8.26. The summed E-state index contributed by atoms with van der Waals surface area (Å²) < 4.78 is 4.87. The van der Waals surface area contributed by atoms with Crippen molar-refractivity contribution in [3.63, 3.8) is 0 Å². The van der Waals surface area contributed by atoms with Gasteiger partial charge in [0, 0.05) is 56.3 Å². The maximum atomic E-state index is 4.71. The van der Waals surface area contributed by atoms with Crippen LogP contribution in [-0.2, 0) is 6.42 Å². The van der Waals surface area contributed by atoms with Gasteiger partial charge in [-0.25, -0.2) is 0 Å². The summed E-state index contributed by atoms with van der Waals surface area (Å²) in [6.45, 7) is 0. The van der Waals surface area contributed by atoms with Crippen molar-refractivity contribution in [2.75, 3.05) is 0 Å². The van der Waals surface area contributed by atoms with Gasteiger partial charge in [0.1, 0.15) is 0 Å². The quantitative estimate of drug-likeness (QED) is 0.205. The standard InChI is InChI=1S/C41H25N3S/c1-2-7-32-27(6-1)18-28-12-11-25(20-34(28)32)29-19-30(24-42-23-29)26-13-15-38-35(21-26)33-8-3-4-9-37(33)44(38)31-14-16-39-36(22-31)41-40(45-39)10-5-17-43-41/h1-17,19-24H,18H2. The SMILES string of the molecule is c1ccc2c(c1)Cc1ccc(-c3cncc(-c4ccc5c(c4)c4ccccc4n5-c4ccc5sc6cccnc6c5c4)c3)cc1-2. The number of rotatable bonds is 3. The Morgan fingerprint density at radius 3 is 2.29 bits per heavy atom. The van der Waals surface area contributed by atoms with Crippen LogP contribution in [0.3, 0.4) is 0 Å². The second kappa shape index (κ2) is 9.46. The molecule has 1 aliphatic rings. The lowest BCUT2D eigenvalue weighted by Crippen LogP contribution is -1.93. The molecule has 0 radical (unpaired) electrons. The molecule has 10 rings (SSSR count). The van der Waals surface area contributed by atoms with E-state index in [2.05, 4.69) is 120 Å². The summed E-state index contributed by atoms with van der Waals surface area (Å²) in [5.41, 5.74) is 14.7. The molecular weight excluding hydrogens is 567 g/mol. The fourth-order valence-electron chi connectivity index (χ4n) is 7.21. The fraction of sp³-hybridized carbons (Fsp3) is 0.0244. The van der Waals surface area contributed by atoms with Gasteiger partial charge in [0.05, 0.1) is 21.3 Å². The molecule has 3 nitrogen and oxygen atoms in total. The zero-order valence-corrected chi connectivity index (χ0v) is 25.1. The number of thiophene rings is 1. The summed E-state index contributed by atoms with van der Waals surface area (Å²) in [5.74, 6) is 0. The number of nitrogens with zero attached hydrogens (tertiary/aromatic N) is 3. The van der Waals surface area contributed by atoms with Gasteiger partial charge in [-0.05, 0) is 100 Å². The number of pyridine rings is 2. The molecule has 4 heterocycles. The van der Waals surface area contributed by atoms with E-state index in [0.29, 0.717) is 0 Å². The van der Waals surface area contributed by atoms with Crippen molar-refractivity contribution in [2.45, 2.75) is 6.42 Å². The number of fused-ring (bicyclic) bond motifs is 9. The molecule has 45 heavy (non-hydrogen) atoms. The largest absolute Gasteiger partial charge is 0.309 e. The van der Waals surface area contributed by atoms with Gasteiger partial charge < -0.3 is 4.57 Å². The Labute approximate surface area is 263 Å². The highest BCUT2D eigenvalue weighted by Crippen LogP contribution is 2.41. The first-order valence-corrected chi connectivity index (χ1v) is 16.1. The summed E-state index contributed by atoms with van der Waals surface area (Å²) in [7, 11) is 0. The third kappa shape index (κ3) is 3.76. The van der Waals surface area contributed by atoms with Crippen LogP contribution in [0.2, 0.25) is 0 Å². The van der Waals surface area contributed by atoms with Gasteiger partial charge in [-0.15, -0.1) is 11.3 Å². The third-order valence-electron chi connectivity index (χ3n) is 9.34. The summed E-state index contributed by atoms with van der Waals surface area (Å²) in [6.07, 6.45) is 6.85. The van der Waals surface area contributed by atoms with E-state index in [0.717, 1.165) is 34.3 Å². The average Bonchev–Trinajstić information content (AvgIpc) is 3.77. The first-order valence-electron chi connectivity index (χ1n) is 15.3. The topological polar surface area (TPSA) is 30.7 Å². The van der Waals surface area contributed by atoms with E-state index in [4.69, 9.17) is 9.97 Å². The highest BCUT2D eigenvalue weighted by Gasteiger charge is 2.19. The van der Waals surface area contributed by atoms with Crippen LogP contribution in [0.5, 0.6) is 0 Å². The zero-order chi connectivity index (χ0) is 29.5. The molecule has 0 saturated carbocycles. The minimum atomic E-state index is 1.01. The van der Waals surface area contributed by atoms with Crippen LogP contribution in [0.1, 0.15) is 11.1 Å². The molecule has 0 bridgehead atoms. The first kappa shape index (κ1) is 24.8. The molecule has 9 aromatic rings. The minimum Gasteiger partial charge on any atom is -0.309 e. The lowest BCUT2D eigenvalue weighted by molar-refractivity contribution is 1.19. The Balaban J connectivity index is 1.10. The summed E-state index contributed by atoms with van der Waals surface area (Å²) in [6, 6.07) is 44.3. The number of aromatic nitrogens is 3. The molecule has 1 aliphatic carbocycles. The Kier molecular flexibility index (Phi) is 5.22. The molecule has 0 atom stereocenters. The third-order valence-corrected chi connectivity index (χ3v) is 10.5. The molecule has 0 spiro atoms. The maximum absolute atomic E-state index is 4.71. The van der Waals surface area contributed by atoms with E-state index in [1.165, 1.54) is 64.4 Å².